The van der Waals surface area contributed by atoms with Crippen LogP contribution in [0.2, 0.25) is 0 Å². The fourth-order valence-electron chi connectivity index (χ4n) is 3.31. The van der Waals surface area contributed by atoms with Gasteiger partial charge in [0.05, 0.1) is 29.7 Å². The van der Waals surface area contributed by atoms with Crippen molar-refractivity contribution in [3.05, 3.63) is 59.4 Å². The van der Waals surface area contributed by atoms with Crippen molar-refractivity contribution in [2.45, 2.75) is 19.2 Å². The average Bonchev–Trinajstić information content (AvgIpc) is 2.99. The molecular formula is C19H18F3N3O. The molecule has 0 radical (unpaired) electrons. The van der Waals surface area contributed by atoms with Crippen LogP contribution in [-0.4, -0.2) is 35.2 Å². The van der Waals surface area contributed by atoms with Crippen molar-refractivity contribution >= 4 is 5.65 Å². The topological polar surface area (TPSA) is 38.6 Å². The summed E-state index contributed by atoms with van der Waals surface area (Å²) in [7, 11) is 0. The van der Waals surface area contributed by atoms with Crippen LogP contribution in [0.3, 0.4) is 0 Å². The zero-order chi connectivity index (χ0) is 18.1. The summed E-state index contributed by atoms with van der Waals surface area (Å²) < 4.78 is 49.2. The summed E-state index contributed by atoms with van der Waals surface area (Å²) in [4.78, 5) is 4.42. The first-order valence-corrected chi connectivity index (χ1v) is 8.50. The van der Waals surface area contributed by atoms with Crippen molar-refractivity contribution < 1.29 is 17.9 Å². The van der Waals surface area contributed by atoms with Crippen molar-refractivity contribution in [1.82, 2.24) is 14.7 Å². The summed E-state index contributed by atoms with van der Waals surface area (Å²) >= 11 is 0. The zero-order valence-corrected chi connectivity index (χ0v) is 14.0. The number of alkyl halides is 1. The second-order valence-electron chi connectivity index (χ2n) is 6.30. The summed E-state index contributed by atoms with van der Waals surface area (Å²) in [5, 5.41) is 3.24. The maximum atomic E-state index is 14.4. The minimum absolute atomic E-state index is 0.127. The molecule has 0 spiro atoms. The number of hydrogen-bond donors (Lipinski definition) is 1. The van der Waals surface area contributed by atoms with Gasteiger partial charge in [0, 0.05) is 25.7 Å². The first kappa shape index (κ1) is 17.1. The number of ether oxygens (including phenoxy) is 1. The molecule has 26 heavy (non-hydrogen) atoms. The molecule has 1 N–H and O–H groups in total. The van der Waals surface area contributed by atoms with Gasteiger partial charge in [-0.2, -0.15) is 0 Å². The Balaban J connectivity index is 1.88. The lowest BCUT2D eigenvalue weighted by molar-refractivity contribution is 0.0286. The predicted molar refractivity (Wildman–Crippen MR) is 91.7 cm³/mol. The van der Waals surface area contributed by atoms with E-state index < -0.39 is 18.3 Å². The fraction of sp³-hybridized carbons (Fsp3) is 0.316. The number of rotatable bonds is 4. The number of hydrogen-bond acceptors (Lipinski definition) is 3. The van der Waals surface area contributed by atoms with Crippen LogP contribution in [0.5, 0.6) is 0 Å². The van der Waals surface area contributed by atoms with Gasteiger partial charge < -0.3 is 14.5 Å². The zero-order valence-electron chi connectivity index (χ0n) is 14.0. The normalized spacial score (nSPS) is 17.7. The van der Waals surface area contributed by atoms with Crippen LogP contribution >= 0.6 is 0 Å². The van der Waals surface area contributed by atoms with Crippen molar-refractivity contribution in [3.63, 3.8) is 0 Å². The Morgan fingerprint density at radius 1 is 1.23 bits per heavy atom. The molecule has 1 unspecified atom stereocenters. The summed E-state index contributed by atoms with van der Waals surface area (Å²) in [6, 6.07) is 6.96. The summed E-state index contributed by atoms with van der Waals surface area (Å²) in [5.74, 6) is -1.36. The Kier molecular flexibility index (Phi) is 4.65. The number of fused-ring (bicyclic) bond motifs is 1. The highest BCUT2D eigenvalue weighted by molar-refractivity contribution is 5.68. The Morgan fingerprint density at radius 3 is 2.73 bits per heavy atom. The highest BCUT2D eigenvalue weighted by Crippen LogP contribution is 2.31. The van der Waals surface area contributed by atoms with Crippen LogP contribution in [0.1, 0.15) is 11.3 Å². The number of pyridine rings is 1. The van der Waals surface area contributed by atoms with Gasteiger partial charge >= 0.3 is 0 Å². The van der Waals surface area contributed by atoms with Gasteiger partial charge in [-0.3, -0.25) is 0 Å². The Labute approximate surface area is 148 Å². The first-order chi connectivity index (χ1) is 12.7. The van der Waals surface area contributed by atoms with Gasteiger partial charge in [0.15, 0.2) is 0 Å². The minimum atomic E-state index is -0.678. The van der Waals surface area contributed by atoms with Crippen LogP contribution in [-0.2, 0) is 17.8 Å². The average molecular weight is 361 g/mol. The minimum Gasteiger partial charge on any atom is -0.375 e. The lowest BCUT2D eigenvalue weighted by Crippen LogP contribution is -2.39. The van der Waals surface area contributed by atoms with Gasteiger partial charge in [-0.1, -0.05) is 6.07 Å². The van der Waals surface area contributed by atoms with Gasteiger partial charge in [0.25, 0.3) is 0 Å². The molecule has 0 bridgehead atoms. The van der Waals surface area contributed by atoms with Gasteiger partial charge in [0.1, 0.15) is 24.0 Å². The highest BCUT2D eigenvalue weighted by atomic mass is 19.1. The number of imidazole rings is 1. The molecule has 1 atom stereocenters. The molecule has 7 heteroatoms. The van der Waals surface area contributed by atoms with Gasteiger partial charge in [-0.25, -0.2) is 18.2 Å². The molecular weight excluding hydrogens is 343 g/mol. The molecule has 0 amide bonds. The molecule has 0 aliphatic carbocycles. The number of nitrogens with one attached hydrogen (secondary N) is 1. The van der Waals surface area contributed by atoms with Crippen molar-refractivity contribution in [3.8, 4) is 11.3 Å². The van der Waals surface area contributed by atoms with Crippen molar-refractivity contribution in [2.75, 3.05) is 19.7 Å². The smallest absolute Gasteiger partial charge is 0.138 e. The molecule has 136 valence electrons. The number of morpholine rings is 1. The number of aromatic nitrogens is 2. The summed E-state index contributed by atoms with van der Waals surface area (Å²) in [5.41, 5.74) is 1.62. The molecule has 3 aromatic rings. The Morgan fingerprint density at radius 2 is 2.04 bits per heavy atom. The predicted octanol–water partition coefficient (Wildman–Crippen LogP) is 3.28. The maximum absolute atomic E-state index is 14.4. The van der Waals surface area contributed by atoms with E-state index in [4.69, 9.17) is 4.74 Å². The molecule has 1 saturated heterocycles. The van der Waals surface area contributed by atoms with Gasteiger partial charge in [-0.15, -0.1) is 0 Å². The van der Waals surface area contributed by atoms with E-state index in [9.17, 15) is 13.2 Å². The number of benzene rings is 1. The molecule has 1 aliphatic heterocycles. The third-order valence-corrected chi connectivity index (χ3v) is 4.57. The first-order valence-electron chi connectivity index (χ1n) is 8.50. The van der Waals surface area contributed by atoms with Crippen LogP contribution in [0.25, 0.3) is 16.9 Å². The highest BCUT2D eigenvalue weighted by Gasteiger charge is 2.24. The standard InChI is InChI=1S/C19H18F3N3O/c20-10-12-4-6-25-16(9-13-11-23-5-7-26-13)19(24-17(25)8-12)18-14(21)2-1-3-15(18)22/h1-4,6,8,13,23H,5,7,9-11H2. The van der Waals surface area contributed by atoms with Crippen molar-refractivity contribution in [2.24, 2.45) is 0 Å². The largest absolute Gasteiger partial charge is 0.375 e. The summed E-state index contributed by atoms with van der Waals surface area (Å²) in [6.45, 7) is 1.38. The Hall–Kier alpha value is -2.38. The fourth-order valence-corrected chi connectivity index (χ4v) is 3.31. The van der Waals surface area contributed by atoms with E-state index in [1.165, 1.54) is 18.2 Å². The molecule has 4 rings (SSSR count). The quantitative estimate of drug-likeness (QED) is 0.775. The van der Waals surface area contributed by atoms with Crippen LogP contribution in [0.15, 0.2) is 36.5 Å². The van der Waals surface area contributed by atoms with E-state index >= 15 is 0 Å². The Bertz CT molecular complexity index is 915. The molecule has 2 aromatic heterocycles. The van der Waals surface area contributed by atoms with E-state index in [-0.39, 0.29) is 17.4 Å². The third kappa shape index (κ3) is 3.08. The van der Waals surface area contributed by atoms with Crippen LogP contribution < -0.4 is 5.32 Å². The van der Waals surface area contributed by atoms with E-state index in [2.05, 4.69) is 10.3 Å². The lowest BCUT2D eigenvalue weighted by atomic mass is 10.0. The van der Waals surface area contributed by atoms with Crippen LogP contribution in [0, 0.1) is 11.6 Å². The second kappa shape index (κ2) is 7.09. The molecule has 1 aromatic carbocycles. The number of nitrogens with zero attached hydrogens (tertiary/aromatic N) is 2. The SMILES string of the molecule is FCc1ccn2c(CC3CNCCO3)c(-c3c(F)cccc3F)nc2c1. The molecule has 1 aliphatic rings. The number of halogens is 3. The second-order valence-corrected chi connectivity index (χ2v) is 6.30. The molecule has 0 saturated carbocycles. The van der Waals surface area contributed by atoms with Crippen molar-refractivity contribution in [1.29, 1.82) is 0 Å². The third-order valence-electron chi connectivity index (χ3n) is 4.57. The summed E-state index contributed by atoms with van der Waals surface area (Å²) in [6.07, 6.45) is 2.00. The van der Waals surface area contributed by atoms with Gasteiger partial charge in [-0.05, 0) is 29.8 Å². The monoisotopic (exact) mass is 361 g/mol. The lowest BCUT2D eigenvalue weighted by Gasteiger charge is -2.23. The molecule has 4 nitrogen and oxygen atoms in total. The van der Waals surface area contributed by atoms with E-state index in [0.29, 0.717) is 36.5 Å². The van der Waals surface area contributed by atoms with E-state index in [1.807, 2.05) is 0 Å². The molecule has 1 fully saturated rings. The van der Waals surface area contributed by atoms with E-state index in [0.717, 1.165) is 6.54 Å². The van der Waals surface area contributed by atoms with Crippen LogP contribution in [0.4, 0.5) is 13.2 Å². The maximum Gasteiger partial charge on any atom is 0.138 e. The molecule has 3 heterocycles. The van der Waals surface area contributed by atoms with E-state index in [1.54, 1.807) is 22.7 Å². The van der Waals surface area contributed by atoms with Gasteiger partial charge in [0.2, 0.25) is 0 Å².